The van der Waals surface area contributed by atoms with Gasteiger partial charge in [-0.05, 0) is 30.0 Å². The Hall–Kier alpha value is -2.00. The Labute approximate surface area is 136 Å². The first kappa shape index (κ1) is 14.9. The van der Waals surface area contributed by atoms with Crippen molar-refractivity contribution in [2.24, 2.45) is 5.92 Å². The molecule has 0 aliphatic heterocycles. The average Bonchev–Trinajstić information content (AvgIpc) is 2.82. The lowest BCUT2D eigenvalue weighted by Gasteiger charge is -2.10. The Kier molecular flexibility index (Phi) is 4.34. The molecule has 0 radical (unpaired) electrons. The van der Waals surface area contributed by atoms with Crippen molar-refractivity contribution in [2.75, 3.05) is 5.32 Å². The molecule has 0 amide bonds. The highest BCUT2D eigenvalue weighted by Crippen LogP contribution is 2.23. The van der Waals surface area contributed by atoms with Crippen molar-refractivity contribution in [3.8, 4) is 0 Å². The van der Waals surface area contributed by atoms with Crippen molar-refractivity contribution in [3.63, 3.8) is 0 Å². The van der Waals surface area contributed by atoms with Crippen LogP contribution >= 0.6 is 11.6 Å². The molecular weight excluding hydrogens is 294 g/mol. The Morgan fingerprint density at radius 3 is 2.64 bits per heavy atom. The fraction of sp³-hybridized carbons (Fsp3) is 0.278. The first-order chi connectivity index (χ1) is 10.6. The summed E-state index contributed by atoms with van der Waals surface area (Å²) in [6, 6.07) is 14.2. The van der Waals surface area contributed by atoms with Crippen molar-refractivity contribution in [1.29, 1.82) is 0 Å². The van der Waals surface area contributed by atoms with Gasteiger partial charge in [0.1, 0.15) is 11.5 Å². The van der Waals surface area contributed by atoms with Crippen molar-refractivity contribution < 1.29 is 0 Å². The minimum atomic E-state index is 0.553. The number of hydrogen-bond acceptors (Lipinski definition) is 2. The fourth-order valence-corrected chi connectivity index (χ4v) is 2.73. The number of halogens is 1. The van der Waals surface area contributed by atoms with Gasteiger partial charge in [0.15, 0.2) is 0 Å². The summed E-state index contributed by atoms with van der Waals surface area (Å²) in [5, 5.41) is 4.24. The Bertz CT molecular complexity index is 763. The second-order valence-electron chi connectivity index (χ2n) is 5.92. The Balaban J connectivity index is 1.95. The van der Waals surface area contributed by atoms with E-state index in [0.29, 0.717) is 10.9 Å². The van der Waals surface area contributed by atoms with Crippen LogP contribution in [-0.4, -0.2) is 9.38 Å². The maximum Gasteiger partial charge on any atom is 0.138 e. The molecule has 1 aromatic carbocycles. The Morgan fingerprint density at radius 1 is 1.14 bits per heavy atom. The minimum absolute atomic E-state index is 0.553. The summed E-state index contributed by atoms with van der Waals surface area (Å²) in [5.41, 5.74) is 3.26. The highest BCUT2D eigenvalue weighted by molar-refractivity contribution is 6.30. The monoisotopic (exact) mass is 313 g/mol. The molecule has 0 bridgehead atoms. The van der Waals surface area contributed by atoms with Gasteiger partial charge in [-0.2, -0.15) is 0 Å². The van der Waals surface area contributed by atoms with E-state index in [1.807, 2.05) is 28.8 Å². The number of anilines is 1. The molecule has 22 heavy (non-hydrogen) atoms. The third-order valence-electron chi connectivity index (χ3n) is 3.56. The minimum Gasteiger partial charge on any atom is -0.366 e. The molecule has 0 unspecified atom stereocenters. The lowest BCUT2D eigenvalue weighted by molar-refractivity contribution is 0.638. The second-order valence-corrected chi connectivity index (χ2v) is 6.36. The molecule has 3 aromatic rings. The smallest absolute Gasteiger partial charge is 0.138 e. The molecule has 0 aliphatic carbocycles. The summed E-state index contributed by atoms with van der Waals surface area (Å²) in [5.74, 6) is 1.59. The molecule has 0 saturated carbocycles. The number of nitrogens with one attached hydrogen (secondary N) is 1. The van der Waals surface area contributed by atoms with E-state index in [-0.39, 0.29) is 0 Å². The molecule has 0 fully saturated rings. The van der Waals surface area contributed by atoms with Gasteiger partial charge in [-0.1, -0.05) is 55.8 Å². The second kappa shape index (κ2) is 6.41. The SMILES string of the molecule is CC(C)Cc1nc2ccc(Cl)cn2c1NCc1ccccc1. The maximum absolute atomic E-state index is 6.15. The molecule has 4 heteroatoms. The number of hydrogen-bond donors (Lipinski definition) is 1. The van der Waals surface area contributed by atoms with E-state index >= 15 is 0 Å². The fourth-order valence-electron chi connectivity index (χ4n) is 2.57. The summed E-state index contributed by atoms with van der Waals surface area (Å²) in [4.78, 5) is 4.75. The van der Waals surface area contributed by atoms with Gasteiger partial charge in [-0.3, -0.25) is 4.40 Å². The molecule has 2 aromatic heterocycles. The predicted molar refractivity (Wildman–Crippen MR) is 92.5 cm³/mol. The maximum atomic E-state index is 6.15. The van der Waals surface area contributed by atoms with Crippen molar-refractivity contribution in [1.82, 2.24) is 9.38 Å². The quantitative estimate of drug-likeness (QED) is 0.733. The van der Waals surface area contributed by atoms with E-state index < -0.39 is 0 Å². The third kappa shape index (κ3) is 3.25. The predicted octanol–water partition coefficient (Wildman–Crippen LogP) is 4.80. The van der Waals surface area contributed by atoms with E-state index in [0.717, 1.165) is 30.1 Å². The number of rotatable bonds is 5. The molecular formula is C18H20ClN3. The first-order valence-corrected chi connectivity index (χ1v) is 7.95. The summed E-state index contributed by atoms with van der Waals surface area (Å²) in [7, 11) is 0. The largest absolute Gasteiger partial charge is 0.366 e. The summed E-state index contributed by atoms with van der Waals surface area (Å²) in [6.07, 6.45) is 2.86. The zero-order valence-corrected chi connectivity index (χ0v) is 13.6. The number of fused-ring (bicyclic) bond motifs is 1. The van der Waals surface area contributed by atoms with Crippen molar-refractivity contribution >= 4 is 23.1 Å². The van der Waals surface area contributed by atoms with E-state index in [9.17, 15) is 0 Å². The Morgan fingerprint density at radius 2 is 1.91 bits per heavy atom. The normalized spacial score (nSPS) is 11.3. The van der Waals surface area contributed by atoms with Crippen LogP contribution in [0.5, 0.6) is 0 Å². The summed E-state index contributed by atoms with van der Waals surface area (Å²) < 4.78 is 2.04. The van der Waals surface area contributed by atoms with Crippen LogP contribution in [0.25, 0.3) is 5.65 Å². The van der Waals surface area contributed by atoms with Crippen LogP contribution in [0.15, 0.2) is 48.7 Å². The first-order valence-electron chi connectivity index (χ1n) is 7.58. The lowest BCUT2D eigenvalue weighted by Crippen LogP contribution is -2.06. The number of benzene rings is 1. The molecule has 3 nitrogen and oxygen atoms in total. The summed E-state index contributed by atoms with van der Waals surface area (Å²) in [6.45, 7) is 5.18. The van der Waals surface area contributed by atoms with Crippen LogP contribution < -0.4 is 5.32 Å². The average molecular weight is 314 g/mol. The molecule has 0 saturated heterocycles. The van der Waals surface area contributed by atoms with E-state index in [2.05, 4.69) is 43.4 Å². The molecule has 0 spiro atoms. The van der Waals surface area contributed by atoms with Crippen LogP contribution in [0.3, 0.4) is 0 Å². The van der Waals surface area contributed by atoms with E-state index in [4.69, 9.17) is 16.6 Å². The van der Waals surface area contributed by atoms with Crippen molar-refractivity contribution in [3.05, 3.63) is 64.9 Å². The van der Waals surface area contributed by atoms with E-state index in [1.165, 1.54) is 5.56 Å². The molecule has 3 rings (SSSR count). The topological polar surface area (TPSA) is 29.3 Å². The van der Waals surface area contributed by atoms with Gasteiger partial charge >= 0.3 is 0 Å². The van der Waals surface area contributed by atoms with Crippen LogP contribution in [0, 0.1) is 5.92 Å². The molecule has 0 atom stereocenters. The van der Waals surface area contributed by atoms with Gasteiger partial charge in [-0.15, -0.1) is 0 Å². The standard InChI is InChI=1S/C18H20ClN3/c1-13(2)10-16-18(20-11-14-6-4-3-5-7-14)22-12-15(19)8-9-17(22)21-16/h3-9,12-13,20H,10-11H2,1-2H3. The molecule has 114 valence electrons. The number of pyridine rings is 1. The van der Waals surface area contributed by atoms with Crippen LogP contribution in [-0.2, 0) is 13.0 Å². The molecule has 1 N–H and O–H groups in total. The third-order valence-corrected chi connectivity index (χ3v) is 3.78. The summed E-state index contributed by atoms with van der Waals surface area (Å²) >= 11 is 6.15. The van der Waals surface area contributed by atoms with Gasteiger partial charge in [0, 0.05) is 12.7 Å². The zero-order valence-electron chi connectivity index (χ0n) is 12.9. The van der Waals surface area contributed by atoms with Gasteiger partial charge in [0.25, 0.3) is 0 Å². The van der Waals surface area contributed by atoms with Crippen LogP contribution in [0.1, 0.15) is 25.1 Å². The van der Waals surface area contributed by atoms with Crippen LogP contribution in [0.4, 0.5) is 5.82 Å². The van der Waals surface area contributed by atoms with Gasteiger partial charge < -0.3 is 5.32 Å². The van der Waals surface area contributed by atoms with Crippen molar-refractivity contribution in [2.45, 2.75) is 26.8 Å². The molecule has 2 heterocycles. The lowest BCUT2D eigenvalue weighted by atomic mass is 10.1. The highest BCUT2D eigenvalue weighted by atomic mass is 35.5. The van der Waals surface area contributed by atoms with E-state index in [1.54, 1.807) is 0 Å². The molecule has 0 aliphatic rings. The van der Waals surface area contributed by atoms with Gasteiger partial charge in [0.05, 0.1) is 10.7 Å². The highest BCUT2D eigenvalue weighted by Gasteiger charge is 2.13. The van der Waals surface area contributed by atoms with Gasteiger partial charge in [-0.25, -0.2) is 4.98 Å². The van der Waals surface area contributed by atoms with Crippen LogP contribution in [0.2, 0.25) is 5.02 Å². The van der Waals surface area contributed by atoms with Gasteiger partial charge in [0.2, 0.25) is 0 Å². The number of imidazole rings is 1. The number of aromatic nitrogens is 2. The zero-order chi connectivity index (χ0) is 15.5. The number of nitrogens with zero attached hydrogens (tertiary/aromatic N) is 2.